The topological polar surface area (TPSA) is 24.5 Å². The van der Waals surface area contributed by atoms with E-state index in [4.69, 9.17) is 4.74 Å². The summed E-state index contributed by atoms with van der Waals surface area (Å²) in [6.45, 7) is 7.99. The molecule has 0 bridgehead atoms. The lowest BCUT2D eigenvalue weighted by Gasteiger charge is -2.32. The summed E-state index contributed by atoms with van der Waals surface area (Å²) in [7, 11) is 0. The van der Waals surface area contributed by atoms with Crippen LogP contribution in [0.1, 0.15) is 64.7 Å². The van der Waals surface area contributed by atoms with Crippen molar-refractivity contribution >= 4 is 0 Å². The second-order valence-electron chi connectivity index (χ2n) is 6.58. The first-order chi connectivity index (χ1) is 9.88. The van der Waals surface area contributed by atoms with Crippen LogP contribution in [0, 0.1) is 0 Å². The maximum Gasteiger partial charge on any atom is 0.0702 e. The van der Waals surface area contributed by atoms with E-state index in [1.807, 2.05) is 0 Å². The molecule has 1 heterocycles. The SMILES string of the molecule is CCCOC1CCCN(CCCNC2CCCCC2)C1. The van der Waals surface area contributed by atoms with Gasteiger partial charge in [-0.1, -0.05) is 26.2 Å². The van der Waals surface area contributed by atoms with Gasteiger partial charge in [-0.05, 0) is 58.2 Å². The van der Waals surface area contributed by atoms with E-state index < -0.39 is 0 Å². The molecule has 0 aromatic carbocycles. The molecule has 0 aromatic heterocycles. The molecule has 1 saturated carbocycles. The van der Waals surface area contributed by atoms with E-state index in [1.165, 1.54) is 71.0 Å². The van der Waals surface area contributed by atoms with Crippen molar-refractivity contribution < 1.29 is 4.74 Å². The van der Waals surface area contributed by atoms with Crippen molar-refractivity contribution in [3.05, 3.63) is 0 Å². The molecule has 3 heteroatoms. The minimum Gasteiger partial charge on any atom is -0.377 e. The summed E-state index contributed by atoms with van der Waals surface area (Å²) < 4.78 is 5.91. The van der Waals surface area contributed by atoms with Crippen LogP contribution in [0.5, 0.6) is 0 Å². The molecule has 2 rings (SSSR count). The lowest BCUT2D eigenvalue weighted by molar-refractivity contribution is -0.000238. The van der Waals surface area contributed by atoms with Crippen molar-refractivity contribution in [2.75, 3.05) is 32.8 Å². The lowest BCUT2D eigenvalue weighted by atomic mass is 9.95. The number of hydrogen-bond donors (Lipinski definition) is 1. The number of nitrogens with one attached hydrogen (secondary N) is 1. The van der Waals surface area contributed by atoms with Crippen LogP contribution in [-0.4, -0.2) is 49.8 Å². The number of ether oxygens (including phenoxy) is 1. The monoisotopic (exact) mass is 282 g/mol. The van der Waals surface area contributed by atoms with Gasteiger partial charge in [0.1, 0.15) is 0 Å². The summed E-state index contributed by atoms with van der Waals surface area (Å²) in [5.74, 6) is 0. The molecule has 0 aromatic rings. The largest absolute Gasteiger partial charge is 0.377 e. The fourth-order valence-corrected chi connectivity index (χ4v) is 3.55. The van der Waals surface area contributed by atoms with E-state index >= 15 is 0 Å². The minimum atomic E-state index is 0.495. The van der Waals surface area contributed by atoms with E-state index in [1.54, 1.807) is 0 Å². The van der Waals surface area contributed by atoms with Crippen LogP contribution >= 0.6 is 0 Å². The number of nitrogens with zero attached hydrogens (tertiary/aromatic N) is 1. The number of rotatable bonds is 8. The predicted molar refractivity (Wildman–Crippen MR) is 85.2 cm³/mol. The summed E-state index contributed by atoms with van der Waals surface area (Å²) in [6, 6.07) is 0.811. The molecule has 0 amide bonds. The third-order valence-electron chi connectivity index (χ3n) is 4.71. The van der Waals surface area contributed by atoms with E-state index in [0.717, 1.165) is 25.6 Å². The van der Waals surface area contributed by atoms with Crippen LogP contribution in [0.25, 0.3) is 0 Å². The van der Waals surface area contributed by atoms with Gasteiger partial charge in [0.05, 0.1) is 6.10 Å². The zero-order valence-corrected chi connectivity index (χ0v) is 13.4. The fraction of sp³-hybridized carbons (Fsp3) is 1.00. The maximum atomic E-state index is 5.91. The Balaban J connectivity index is 1.52. The molecule has 1 saturated heterocycles. The Kier molecular flexibility index (Phi) is 7.92. The van der Waals surface area contributed by atoms with E-state index in [9.17, 15) is 0 Å². The van der Waals surface area contributed by atoms with Gasteiger partial charge >= 0.3 is 0 Å². The highest BCUT2D eigenvalue weighted by molar-refractivity contribution is 4.75. The van der Waals surface area contributed by atoms with Crippen LogP contribution in [-0.2, 0) is 4.74 Å². The molecule has 1 unspecified atom stereocenters. The molecule has 1 aliphatic carbocycles. The number of piperidine rings is 1. The quantitative estimate of drug-likeness (QED) is 0.692. The average molecular weight is 282 g/mol. The van der Waals surface area contributed by atoms with Gasteiger partial charge in [-0.2, -0.15) is 0 Å². The van der Waals surface area contributed by atoms with Crippen LogP contribution < -0.4 is 5.32 Å². The molecule has 3 nitrogen and oxygen atoms in total. The zero-order chi connectivity index (χ0) is 14.0. The minimum absolute atomic E-state index is 0.495. The molecule has 20 heavy (non-hydrogen) atoms. The van der Waals surface area contributed by atoms with Crippen molar-refractivity contribution in [2.45, 2.75) is 76.9 Å². The molecule has 2 fully saturated rings. The summed E-state index contributed by atoms with van der Waals surface area (Å²) in [6.07, 6.45) is 12.6. The Hall–Kier alpha value is -0.120. The van der Waals surface area contributed by atoms with Crippen LogP contribution in [0.3, 0.4) is 0 Å². The lowest BCUT2D eigenvalue weighted by Crippen LogP contribution is -2.41. The van der Waals surface area contributed by atoms with Crippen LogP contribution in [0.2, 0.25) is 0 Å². The highest BCUT2D eigenvalue weighted by atomic mass is 16.5. The van der Waals surface area contributed by atoms with Gasteiger partial charge in [0.15, 0.2) is 0 Å². The second kappa shape index (κ2) is 9.75. The first-order valence-corrected chi connectivity index (χ1v) is 8.96. The number of hydrogen-bond acceptors (Lipinski definition) is 3. The van der Waals surface area contributed by atoms with Crippen molar-refractivity contribution in [1.29, 1.82) is 0 Å². The maximum absolute atomic E-state index is 5.91. The summed E-state index contributed by atoms with van der Waals surface area (Å²) in [4.78, 5) is 2.60. The second-order valence-corrected chi connectivity index (χ2v) is 6.58. The summed E-state index contributed by atoms with van der Waals surface area (Å²) in [5.41, 5.74) is 0. The van der Waals surface area contributed by atoms with Gasteiger partial charge in [-0.3, -0.25) is 0 Å². The third-order valence-corrected chi connectivity index (χ3v) is 4.71. The van der Waals surface area contributed by atoms with Crippen molar-refractivity contribution in [1.82, 2.24) is 10.2 Å². The van der Waals surface area contributed by atoms with Crippen molar-refractivity contribution in [3.8, 4) is 0 Å². The average Bonchev–Trinajstić information content (AvgIpc) is 2.51. The molecule has 0 spiro atoms. The summed E-state index contributed by atoms with van der Waals surface area (Å²) >= 11 is 0. The van der Waals surface area contributed by atoms with Gasteiger partial charge in [-0.25, -0.2) is 0 Å². The first kappa shape index (κ1) is 16.3. The Labute approximate surface area is 125 Å². The Morgan fingerprint density at radius 2 is 1.95 bits per heavy atom. The molecule has 2 aliphatic rings. The zero-order valence-electron chi connectivity index (χ0n) is 13.4. The molecule has 118 valence electrons. The Bertz CT molecular complexity index is 241. The van der Waals surface area contributed by atoms with Gasteiger partial charge < -0.3 is 15.0 Å². The van der Waals surface area contributed by atoms with E-state index in [-0.39, 0.29) is 0 Å². The molecule has 1 atom stereocenters. The normalized spacial score (nSPS) is 25.9. The van der Waals surface area contributed by atoms with Gasteiger partial charge in [0.25, 0.3) is 0 Å². The predicted octanol–water partition coefficient (Wildman–Crippen LogP) is 3.19. The highest BCUT2D eigenvalue weighted by Gasteiger charge is 2.19. The molecule has 0 radical (unpaired) electrons. The standard InChI is InChI=1S/C17H34N2O/c1-2-14-20-17-10-6-12-19(15-17)13-7-11-18-16-8-4-3-5-9-16/h16-18H,2-15H2,1H3. The smallest absolute Gasteiger partial charge is 0.0702 e. The van der Waals surface area contributed by atoms with Gasteiger partial charge in [0, 0.05) is 19.2 Å². The van der Waals surface area contributed by atoms with Gasteiger partial charge in [0.2, 0.25) is 0 Å². The summed E-state index contributed by atoms with van der Waals surface area (Å²) in [5, 5.41) is 3.75. The number of likely N-dealkylation sites (tertiary alicyclic amines) is 1. The Morgan fingerprint density at radius 3 is 2.75 bits per heavy atom. The van der Waals surface area contributed by atoms with E-state index in [2.05, 4.69) is 17.1 Å². The van der Waals surface area contributed by atoms with Crippen molar-refractivity contribution in [2.24, 2.45) is 0 Å². The van der Waals surface area contributed by atoms with Crippen LogP contribution in [0.15, 0.2) is 0 Å². The van der Waals surface area contributed by atoms with Gasteiger partial charge in [-0.15, -0.1) is 0 Å². The molecule has 1 N–H and O–H groups in total. The van der Waals surface area contributed by atoms with Crippen molar-refractivity contribution in [3.63, 3.8) is 0 Å². The molecule has 1 aliphatic heterocycles. The highest BCUT2D eigenvalue weighted by Crippen LogP contribution is 2.17. The molecular weight excluding hydrogens is 248 g/mol. The Morgan fingerprint density at radius 1 is 1.10 bits per heavy atom. The fourth-order valence-electron chi connectivity index (χ4n) is 3.55. The third kappa shape index (κ3) is 6.11. The van der Waals surface area contributed by atoms with E-state index in [0.29, 0.717) is 6.10 Å². The molecular formula is C17H34N2O. The van der Waals surface area contributed by atoms with Crippen LogP contribution in [0.4, 0.5) is 0 Å². The first-order valence-electron chi connectivity index (χ1n) is 8.96.